The van der Waals surface area contributed by atoms with Gasteiger partial charge in [-0.3, -0.25) is 28.5 Å². The fourth-order valence-electron chi connectivity index (χ4n) is 5.27. The van der Waals surface area contributed by atoms with Gasteiger partial charge in [0.15, 0.2) is 11.9 Å². The van der Waals surface area contributed by atoms with E-state index in [1.807, 2.05) is 6.92 Å². The second-order valence-corrected chi connectivity index (χ2v) is 14.8. The highest BCUT2D eigenvalue weighted by molar-refractivity contribution is 7.80. The molecule has 0 radical (unpaired) electrons. The van der Waals surface area contributed by atoms with E-state index in [9.17, 15) is 37.2 Å². The van der Waals surface area contributed by atoms with Crippen LogP contribution in [0.2, 0.25) is 0 Å². The molecular formula is C36H58N4O11S. The predicted molar refractivity (Wildman–Crippen MR) is 194 cm³/mol. The largest absolute Gasteiger partial charge is 0.460 e. The summed E-state index contributed by atoms with van der Waals surface area (Å²) in [5.41, 5.74) is 5.87. The van der Waals surface area contributed by atoms with Gasteiger partial charge in [-0.2, -0.15) is 8.42 Å². The molecule has 1 heterocycles. The number of hydrogen-bond donors (Lipinski definition) is 5. The van der Waals surface area contributed by atoms with E-state index in [-0.39, 0.29) is 30.9 Å². The number of allylic oxidation sites excluding steroid dienone is 4. The number of ketones is 1. The summed E-state index contributed by atoms with van der Waals surface area (Å²) >= 11 is 0. The number of carbonyl (C=O) groups excluding carboxylic acids is 6. The maximum absolute atomic E-state index is 13.5. The number of amides is 4. The van der Waals surface area contributed by atoms with Crippen LogP contribution in [0.5, 0.6) is 0 Å². The Labute approximate surface area is 307 Å². The molecule has 0 spiro atoms. The molecule has 5 unspecified atom stereocenters. The highest BCUT2D eigenvalue weighted by Gasteiger charge is 2.37. The minimum atomic E-state index is -5.21. The van der Waals surface area contributed by atoms with E-state index in [0.717, 1.165) is 18.4 Å². The molecule has 1 saturated heterocycles. The van der Waals surface area contributed by atoms with Crippen LogP contribution in [-0.2, 0) is 48.1 Å². The van der Waals surface area contributed by atoms with Crippen molar-refractivity contribution in [1.29, 1.82) is 0 Å². The zero-order valence-corrected chi connectivity index (χ0v) is 32.1. The van der Waals surface area contributed by atoms with Gasteiger partial charge in [-0.25, -0.2) is 8.98 Å². The fraction of sp³-hybridized carbons (Fsp3) is 0.667. The number of nitrogens with one attached hydrogen (secondary N) is 3. The molecule has 0 aliphatic carbocycles. The van der Waals surface area contributed by atoms with Gasteiger partial charge in [-0.15, -0.1) is 0 Å². The Morgan fingerprint density at radius 2 is 1.71 bits per heavy atom. The van der Waals surface area contributed by atoms with E-state index in [2.05, 4.69) is 46.6 Å². The van der Waals surface area contributed by atoms with Crippen molar-refractivity contribution in [2.45, 2.75) is 124 Å². The molecule has 1 rings (SSSR count). The molecule has 15 nitrogen and oxygen atoms in total. The van der Waals surface area contributed by atoms with Crippen LogP contribution in [0.1, 0.15) is 106 Å². The Balaban J connectivity index is 3.18. The first-order valence-corrected chi connectivity index (χ1v) is 19.2. The van der Waals surface area contributed by atoms with E-state index in [1.54, 1.807) is 13.0 Å². The van der Waals surface area contributed by atoms with Gasteiger partial charge < -0.3 is 26.4 Å². The third-order valence-corrected chi connectivity index (χ3v) is 9.41. The maximum Gasteiger partial charge on any atom is 0.398 e. The number of nitrogens with two attached hydrogens (primary N) is 1. The molecule has 0 aromatic rings. The number of hydrogen-bond acceptors (Lipinski definition) is 10. The summed E-state index contributed by atoms with van der Waals surface area (Å²) < 4.78 is 41.8. The van der Waals surface area contributed by atoms with E-state index >= 15 is 0 Å². The Hall–Kier alpha value is -3.89. The first-order chi connectivity index (χ1) is 24.2. The normalized spacial score (nSPS) is 23.1. The standard InChI is InChI=1S/C36H58N4O11S/c1-8-9-10-11-12-13-22(2)14-15-23(3)16-18-29(41)24(4)17-19-30-26(6)34(44)39-27(7)35(45)38-21-25(5)33(43)40-28(36(46)50-30)20-31(32(37)42)51-52(47,48)49/h15-16,18,22,24-26,28,30-31H,7-14,17,19-21H2,1-6H3,(H2,37,42)(H,38,45)(H,39,44)(H,40,43)(H,47,48,49)/b18-16+,23-15+/t22?,24?,25-,26?,28-,30?,31?/m0/s1. The topological polar surface area (TPSA) is 237 Å². The van der Waals surface area contributed by atoms with Crippen LogP contribution in [0.4, 0.5) is 0 Å². The summed E-state index contributed by atoms with van der Waals surface area (Å²) in [6.45, 7) is 14.1. The molecule has 1 fully saturated rings. The number of rotatable bonds is 19. The number of ether oxygens (including phenoxy) is 1. The van der Waals surface area contributed by atoms with Crippen LogP contribution in [-0.4, -0.2) is 73.1 Å². The molecule has 16 heteroatoms. The second-order valence-electron chi connectivity index (χ2n) is 13.8. The first-order valence-electron chi connectivity index (χ1n) is 17.9. The van der Waals surface area contributed by atoms with Crippen molar-refractivity contribution in [3.8, 4) is 0 Å². The zero-order chi connectivity index (χ0) is 39.6. The van der Waals surface area contributed by atoms with Crippen molar-refractivity contribution >= 4 is 45.8 Å². The summed E-state index contributed by atoms with van der Waals surface area (Å²) in [6.07, 6.45) is 9.49. The van der Waals surface area contributed by atoms with E-state index < -0.39 is 82.4 Å². The van der Waals surface area contributed by atoms with Gasteiger partial charge >= 0.3 is 16.4 Å². The third kappa shape index (κ3) is 18.0. The molecule has 7 atom stereocenters. The molecule has 294 valence electrons. The van der Waals surface area contributed by atoms with E-state index in [0.29, 0.717) is 5.92 Å². The van der Waals surface area contributed by atoms with Crippen LogP contribution in [0.15, 0.2) is 36.1 Å². The minimum absolute atomic E-state index is 0.0256. The number of primary amides is 1. The lowest BCUT2D eigenvalue weighted by Crippen LogP contribution is -2.51. The summed E-state index contributed by atoms with van der Waals surface area (Å²) in [5, 5.41) is 7.15. The Morgan fingerprint density at radius 3 is 2.33 bits per heavy atom. The average Bonchev–Trinajstić information content (AvgIpc) is 3.07. The Kier molecular flexibility index (Phi) is 20.3. The molecule has 0 bridgehead atoms. The predicted octanol–water partition coefficient (Wildman–Crippen LogP) is 3.35. The molecule has 0 saturated carbocycles. The molecule has 6 N–H and O–H groups in total. The third-order valence-electron chi connectivity index (χ3n) is 8.93. The SMILES string of the molecule is C=C1NC(=O)C(C)C(CCC(C)C(=O)/C=C/C(C)=C/CC(C)CCCCCCC)OC(=O)[C@H](CC(OS(=O)(=O)O)C(N)=O)NC(=O)[C@@H](C)CNC1=O. The minimum Gasteiger partial charge on any atom is -0.460 e. The van der Waals surface area contributed by atoms with Crippen LogP contribution in [0.25, 0.3) is 0 Å². The summed E-state index contributed by atoms with van der Waals surface area (Å²) in [7, 11) is -5.21. The molecule has 0 aromatic heterocycles. The second kappa shape index (κ2) is 22.9. The van der Waals surface area contributed by atoms with Gasteiger partial charge in [-0.05, 0) is 38.2 Å². The Bertz CT molecular complexity index is 1440. The monoisotopic (exact) mass is 754 g/mol. The lowest BCUT2D eigenvalue weighted by atomic mass is 9.92. The molecule has 52 heavy (non-hydrogen) atoms. The first kappa shape index (κ1) is 46.1. The number of cyclic esters (lactones) is 1. The van der Waals surface area contributed by atoms with Gasteiger partial charge in [-0.1, -0.05) is 97.4 Å². The highest BCUT2D eigenvalue weighted by atomic mass is 32.3. The van der Waals surface area contributed by atoms with E-state index in [4.69, 9.17) is 15.0 Å². The van der Waals surface area contributed by atoms with E-state index in [1.165, 1.54) is 52.0 Å². The zero-order valence-electron chi connectivity index (χ0n) is 31.3. The quantitative estimate of drug-likeness (QED) is 0.0421. The number of unbranched alkanes of at least 4 members (excludes halogenated alkanes) is 4. The lowest BCUT2D eigenvalue weighted by molar-refractivity contribution is -0.159. The van der Waals surface area contributed by atoms with Crippen LogP contribution >= 0.6 is 0 Å². The smallest absolute Gasteiger partial charge is 0.398 e. The van der Waals surface area contributed by atoms with Gasteiger partial charge in [0.1, 0.15) is 12.1 Å². The van der Waals surface area contributed by atoms with Crippen molar-refractivity contribution < 1.29 is 50.7 Å². The van der Waals surface area contributed by atoms with Crippen LogP contribution in [0.3, 0.4) is 0 Å². The van der Waals surface area contributed by atoms with Crippen molar-refractivity contribution in [2.75, 3.05) is 6.54 Å². The van der Waals surface area contributed by atoms with Gasteiger partial charge in [0.05, 0.1) is 17.5 Å². The van der Waals surface area contributed by atoms with Crippen molar-refractivity contribution in [3.63, 3.8) is 0 Å². The summed E-state index contributed by atoms with van der Waals surface area (Å²) in [4.78, 5) is 77.2. The maximum atomic E-state index is 13.5. The van der Waals surface area contributed by atoms with Crippen LogP contribution < -0.4 is 21.7 Å². The Morgan fingerprint density at radius 1 is 1.06 bits per heavy atom. The number of carbonyl (C=O) groups is 6. The van der Waals surface area contributed by atoms with Gasteiger partial charge in [0.25, 0.3) is 5.91 Å². The number of esters is 1. The van der Waals surface area contributed by atoms with Crippen molar-refractivity contribution in [3.05, 3.63) is 36.1 Å². The summed E-state index contributed by atoms with van der Waals surface area (Å²) in [5.74, 6) is -7.19. The lowest BCUT2D eigenvalue weighted by Gasteiger charge is -2.29. The highest BCUT2D eigenvalue weighted by Crippen LogP contribution is 2.22. The van der Waals surface area contributed by atoms with Gasteiger partial charge in [0.2, 0.25) is 17.7 Å². The molecule has 1 aliphatic heterocycles. The molecular weight excluding hydrogens is 696 g/mol. The summed E-state index contributed by atoms with van der Waals surface area (Å²) in [6, 6.07) is -1.75. The van der Waals surface area contributed by atoms with Gasteiger partial charge in [0, 0.05) is 18.9 Å². The van der Waals surface area contributed by atoms with Crippen molar-refractivity contribution in [2.24, 2.45) is 29.4 Å². The average molecular weight is 755 g/mol. The molecule has 1 aliphatic rings. The van der Waals surface area contributed by atoms with Crippen LogP contribution in [0, 0.1) is 23.7 Å². The fourth-order valence-corrected chi connectivity index (χ4v) is 5.74. The van der Waals surface area contributed by atoms with Crippen molar-refractivity contribution in [1.82, 2.24) is 16.0 Å². The molecule has 0 aromatic carbocycles. The molecule has 4 amide bonds.